The molecule has 0 radical (unpaired) electrons. The molecule has 7 heteroatoms. The molecule has 5 rings (SSSR count). The summed E-state index contributed by atoms with van der Waals surface area (Å²) in [4.78, 5) is 27.9. The maximum Gasteiger partial charge on any atom is 0.253 e. The number of halogens is 2. The lowest BCUT2D eigenvalue weighted by atomic mass is 9.90. The van der Waals surface area contributed by atoms with Crippen LogP contribution in [0.1, 0.15) is 18.0 Å². The van der Waals surface area contributed by atoms with Crippen LogP contribution in [0.3, 0.4) is 0 Å². The molecule has 2 aromatic carbocycles. The summed E-state index contributed by atoms with van der Waals surface area (Å²) >= 11 is 3.38. The number of anilines is 1. The van der Waals surface area contributed by atoms with Gasteiger partial charge in [0.15, 0.2) is 0 Å². The van der Waals surface area contributed by atoms with Gasteiger partial charge in [0.1, 0.15) is 11.9 Å². The summed E-state index contributed by atoms with van der Waals surface area (Å²) in [7, 11) is 0. The molecule has 0 saturated carbocycles. The van der Waals surface area contributed by atoms with Gasteiger partial charge in [0.2, 0.25) is 5.91 Å². The maximum atomic E-state index is 13.4. The fourth-order valence-electron chi connectivity index (χ4n) is 4.62. The van der Waals surface area contributed by atoms with Gasteiger partial charge in [-0.15, -0.1) is 0 Å². The van der Waals surface area contributed by atoms with E-state index in [4.69, 9.17) is 0 Å². The van der Waals surface area contributed by atoms with E-state index >= 15 is 0 Å². The van der Waals surface area contributed by atoms with Gasteiger partial charge in [-0.25, -0.2) is 19.3 Å². The van der Waals surface area contributed by atoms with Gasteiger partial charge >= 0.3 is 0 Å². The van der Waals surface area contributed by atoms with Crippen molar-refractivity contribution >= 4 is 33.4 Å². The summed E-state index contributed by atoms with van der Waals surface area (Å²) in [5.41, 5.74) is 1.46. The van der Waals surface area contributed by atoms with E-state index in [1.165, 1.54) is 17.0 Å². The van der Waals surface area contributed by atoms with Crippen molar-refractivity contribution in [3.8, 4) is 0 Å². The standard InChI is InChI=1S/C20H17BrFN3O2/c21-13-4-8-15(9-5-13)25-19(26)16-17(12-2-6-14(22)7-3-12)23-10-1-11-24(23)18(16)20(25)27/h2-9,16-18H,1,10-11H2/t16-,17-,18+/m0/s1. The molecule has 3 aliphatic rings. The SMILES string of the molecule is O=C1[C@@H]2[C@H](C(=O)N1c1ccc(Br)cc1)N1CCCN1[C@H]2c1ccc(F)cc1. The van der Waals surface area contributed by atoms with Crippen molar-refractivity contribution in [2.75, 3.05) is 18.0 Å². The average molecular weight is 430 g/mol. The van der Waals surface area contributed by atoms with Crippen LogP contribution in [0.4, 0.5) is 10.1 Å². The van der Waals surface area contributed by atoms with E-state index in [-0.39, 0.29) is 23.7 Å². The van der Waals surface area contributed by atoms with E-state index in [0.29, 0.717) is 5.69 Å². The second kappa shape index (κ2) is 6.22. The summed E-state index contributed by atoms with van der Waals surface area (Å²) in [6.07, 6.45) is 0.945. The molecule has 27 heavy (non-hydrogen) atoms. The van der Waals surface area contributed by atoms with Gasteiger partial charge in [0.05, 0.1) is 17.6 Å². The molecule has 0 aliphatic carbocycles. The van der Waals surface area contributed by atoms with Crippen LogP contribution in [-0.2, 0) is 9.59 Å². The molecule has 2 aromatic rings. The number of hydrogen-bond donors (Lipinski definition) is 0. The highest BCUT2D eigenvalue weighted by molar-refractivity contribution is 9.10. The molecule has 0 N–H and O–H groups in total. The highest BCUT2D eigenvalue weighted by Gasteiger charge is 2.62. The van der Waals surface area contributed by atoms with E-state index in [2.05, 4.69) is 20.9 Å². The maximum absolute atomic E-state index is 13.4. The number of amides is 2. The van der Waals surface area contributed by atoms with Crippen LogP contribution in [0, 0.1) is 11.7 Å². The first kappa shape index (κ1) is 17.0. The normalized spacial score (nSPS) is 28.1. The van der Waals surface area contributed by atoms with E-state index in [1.54, 1.807) is 24.3 Å². The quantitative estimate of drug-likeness (QED) is 0.687. The number of nitrogens with zero attached hydrogens (tertiary/aromatic N) is 3. The Hall–Kier alpha value is -2.09. The molecule has 0 aromatic heterocycles. The molecule has 3 fully saturated rings. The fraction of sp³-hybridized carbons (Fsp3) is 0.300. The van der Waals surface area contributed by atoms with E-state index in [9.17, 15) is 14.0 Å². The third-order valence-corrected chi connectivity index (χ3v) is 6.23. The van der Waals surface area contributed by atoms with Crippen molar-refractivity contribution < 1.29 is 14.0 Å². The lowest BCUT2D eigenvalue weighted by Gasteiger charge is -2.29. The number of carbonyl (C=O) groups excluding carboxylic acids is 2. The Labute approximate surface area is 164 Å². The zero-order valence-electron chi connectivity index (χ0n) is 14.4. The minimum Gasteiger partial charge on any atom is -0.274 e. The number of hydrogen-bond acceptors (Lipinski definition) is 4. The minimum absolute atomic E-state index is 0.177. The molecule has 3 heterocycles. The summed E-state index contributed by atoms with van der Waals surface area (Å²) in [5, 5.41) is 4.16. The predicted molar refractivity (Wildman–Crippen MR) is 101 cm³/mol. The van der Waals surface area contributed by atoms with Crippen LogP contribution in [-0.4, -0.2) is 41.0 Å². The van der Waals surface area contributed by atoms with Crippen LogP contribution in [0.15, 0.2) is 53.0 Å². The summed E-state index contributed by atoms with van der Waals surface area (Å²) < 4.78 is 14.3. The molecule has 0 unspecified atom stereocenters. The smallest absolute Gasteiger partial charge is 0.253 e. The Bertz CT molecular complexity index is 918. The van der Waals surface area contributed by atoms with Crippen LogP contribution in [0.5, 0.6) is 0 Å². The van der Waals surface area contributed by atoms with Crippen molar-refractivity contribution in [1.29, 1.82) is 0 Å². The summed E-state index contributed by atoms with van der Waals surface area (Å²) in [5.74, 6) is -1.15. The van der Waals surface area contributed by atoms with Gasteiger partial charge in [0, 0.05) is 17.6 Å². The van der Waals surface area contributed by atoms with Gasteiger partial charge in [0.25, 0.3) is 5.91 Å². The lowest BCUT2D eigenvalue weighted by molar-refractivity contribution is -0.126. The minimum atomic E-state index is -0.487. The second-order valence-corrected chi connectivity index (χ2v) is 8.05. The molecule has 5 nitrogen and oxygen atoms in total. The van der Waals surface area contributed by atoms with Crippen LogP contribution in [0.2, 0.25) is 0 Å². The molecular formula is C20H17BrFN3O2. The van der Waals surface area contributed by atoms with Gasteiger partial charge < -0.3 is 0 Å². The average Bonchev–Trinajstić information content (AvgIpc) is 3.30. The van der Waals surface area contributed by atoms with Crippen molar-refractivity contribution in [3.63, 3.8) is 0 Å². The lowest BCUT2D eigenvalue weighted by Crippen LogP contribution is -2.44. The number of fused-ring (bicyclic) bond motifs is 3. The van der Waals surface area contributed by atoms with Gasteiger partial charge in [-0.1, -0.05) is 28.1 Å². The Morgan fingerprint density at radius 3 is 2.15 bits per heavy atom. The first-order chi connectivity index (χ1) is 13.1. The van der Waals surface area contributed by atoms with Gasteiger partial charge in [-0.2, -0.15) is 0 Å². The van der Waals surface area contributed by atoms with Crippen LogP contribution in [0.25, 0.3) is 0 Å². The highest BCUT2D eigenvalue weighted by Crippen LogP contribution is 2.48. The third kappa shape index (κ3) is 2.49. The zero-order valence-corrected chi connectivity index (χ0v) is 16.0. The van der Waals surface area contributed by atoms with E-state index in [0.717, 1.165) is 29.5 Å². The fourth-order valence-corrected chi connectivity index (χ4v) is 4.88. The third-order valence-electron chi connectivity index (χ3n) is 5.70. The van der Waals surface area contributed by atoms with Gasteiger partial charge in [-0.3, -0.25) is 9.59 Å². The Morgan fingerprint density at radius 1 is 0.852 bits per heavy atom. The Morgan fingerprint density at radius 2 is 1.48 bits per heavy atom. The van der Waals surface area contributed by atoms with E-state index in [1.807, 2.05) is 17.1 Å². The number of benzene rings is 2. The molecule has 0 bridgehead atoms. The molecule has 3 atom stereocenters. The Kier molecular flexibility index (Phi) is 3.93. The van der Waals surface area contributed by atoms with Gasteiger partial charge in [-0.05, 0) is 48.4 Å². The van der Waals surface area contributed by atoms with E-state index < -0.39 is 12.0 Å². The van der Waals surface area contributed by atoms with Crippen LogP contribution < -0.4 is 4.90 Å². The Balaban J connectivity index is 1.57. The number of imide groups is 1. The predicted octanol–water partition coefficient (Wildman–Crippen LogP) is 3.12. The van der Waals surface area contributed by atoms with Crippen molar-refractivity contribution in [3.05, 3.63) is 64.4 Å². The molecule has 138 valence electrons. The molecule has 3 aliphatic heterocycles. The van der Waals surface area contributed by atoms with Crippen molar-refractivity contribution in [2.45, 2.75) is 18.5 Å². The highest BCUT2D eigenvalue weighted by atomic mass is 79.9. The number of rotatable bonds is 2. The molecule has 3 saturated heterocycles. The number of hydrazine groups is 1. The topological polar surface area (TPSA) is 43.9 Å². The van der Waals surface area contributed by atoms with Crippen molar-refractivity contribution in [2.24, 2.45) is 5.92 Å². The van der Waals surface area contributed by atoms with Crippen molar-refractivity contribution in [1.82, 2.24) is 10.0 Å². The zero-order chi connectivity index (χ0) is 18.7. The number of carbonyl (C=O) groups is 2. The monoisotopic (exact) mass is 429 g/mol. The molecular weight excluding hydrogens is 413 g/mol. The molecule has 0 spiro atoms. The first-order valence-electron chi connectivity index (χ1n) is 8.98. The summed E-state index contributed by atoms with van der Waals surface area (Å²) in [6, 6.07) is 12.7. The largest absolute Gasteiger partial charge is 0.274 e. The van der Waals surface area contributed by atoms with Crippen LogP contribution >= 0.6 is 15.9 Å². The molecule has 2 amide bonds. The first-order valence-corrected chi connectivity index (χ1v) is 9.77. The summed E-state index contributed by atoms with van der Waals surface area (Å²) in [6.45, 7) is 1.56. The second-order valence-electron chi connectivity index (χ2n) is 7.14.